The summed E-state index contributed by atoms with van der Waals surface area (Å²) >= 11 is 0. The van der Waals surface area contributed by atoms with Gasteiger partial charge in [-0.1, -0.05) is 18.2 Å². The number of hydrogen-bond acceptors (Lipinski definition) is 4. The number of aromatic nitrogens is 2. The number of rotatable bonds is 3. The SMILES string of the molecule is c1ccc(NC2CCCN(c3ncccn3)C2)cc1. The molecule has 0 radical (unpaired) electrons. The molecule has 1 atom stereocenters. The van der Waals surface area contributed by atoms with Gasteiger partial charge < -0.3 is 10.2 Å². The van der Waals surface area contributed by atoms with Crippen LogP contribution >= 0.6 is 0 Å². The lowest BCUT2D eigenvalue weighted by Crippen LogP contribution is -2.42. The highest BCUT2D eigenvalue weighted by molar-refractivity contribution is 5.44. The molecule has 3 rings (SSSR count). The number of anilines is 2. The number of para-hydroxylation sites is 1. The predicted molar refractivity (Wildman–Crippen MR) is 77.3 cm³/mol. The van der Waals surface area contributed by atoms with Crippen molar-refractivity contribution in [1.82, 2.24) is 9.97 Å². The van der Waals surface area contributed by atoms with Gasteiger partial charge in [0.05, 0.1) is 0 Å². The summed E-state index contributed by atoms with van der Waals surface area (Å²) < 4.78 is 0. The summed E-state index contributed by atoms with van der Waals surface area (Å²) in [4.78, 5) is 10.9. The van der Waals surface area contributed by atoms with E-state index in [9.17, 15) is 0 Å². The van der Waals surface area contributed by atoms with Crippen LogP contribution < -0.4 is 10.2 Å². The van der Waals surface area contributed by atoms with E-state index in [1.807, 2.05) is 12.1 Å². The fourth-order valence-corrected chi connectivity index (χ4v) is 2.50. The van der Waals surface area contributed by atoms with Gasteiger partial charge in [0.2, 0.25) is 5.95 Å². The summed E-state index contributed by atoms with van der Waals surface area (Å²) in [6.45, 7) is 2.00. The van der Waals surface area contributed by atoms with E-state index in [2.05, 4.69) is 44.5 Å². The molecule has 98 valence electrons. The van der Waals surface area contributed by atoms with E-state index in [1.165, 1.54) is 18.5 Å². The van der Waals surface area contributed by atoms with Gasteiger partial charge in [0.15, 0.2) is 0 Å². The fraction of sp³-hybridized carbons (Fsp3) is 0.333. The first-order valence-corrected chi connectivity index (χ1v) is 6.75. The summed E-state index contributed by atoms with van der Waals surface area (Å²) in [5, 5.41) is 3.58. The molecule has 1 aliphatic rings. The van der Waals surface area contributed by atoms with E-state index in [1.54, 1.807) is 12.4 Å². The number of nitrogens with zero attached hydrogens (tertiary/aromatic N) is 3. The first-order valence-electron chi connectivity index (χ1n) is 6.75. The van der Waals surface area contributed by atoms with Gasteiger partial charge in [0, 0.05) is 37.2 Å². The maximum absolute atomic E-state index is 4.33. The summed E-state index contributed by atoms with van der Waals surface area (Å²) in [6.07, 6.45) is 5.97. The molecular weight excluding hydrogens is 236 g/mol. The van der Waals surface area contributed by atoms with Crippen LogP contribution in [0.5, 0.6) is 0 Å². The van der Waals surface area contributed by atoms with Crippen molar-refractivity contribution in [3.63, 3.8) is 0 Å². The summed E-state index contributed by atoms with van der Waals surface area (Å²) in [6, 6.07) is 12.7. The summed E-state index contributed by atoms with van der Waals surface area (Å²) in [5.41, 5.74) is 1.18. The minimum absolute atomic E-state index is 0.458. The Labute approximate surface area is 113 Å². The molecule has 2 heterocycles. The first kappa shape index (κ1) is 12.0. The lowest BCUT2D eigenvalue weighted by Gasteiger charge is -2.33. The lowest BCUT2D eigenvalue weighted by atomic mass is 10.1. The molecule has 1 N–H and O–H groups in total. The Balaban J connectivity index is 1.65. The second-order valence-electron chi connectivity index (χ2n) is 4.84. The third kappa shape index (κ3) is 3.02. The molecule has 1 aromatic carbocycles. The van der Waals surface area contributed by atoms with E-state index in [-0.39, 0.29) is 0 Å². The molecule has 4 nitrogen and oxygen atoms in total. The number of hydrogen-bond donors (Lipinski definition) is 1. The van der Waals surface area contributed by atoms with Gasteiger partial charge in [0.1, 0.15) is 0 Å². The van der Waals surface area contributed by atoms with Crippen LogP contribution in [0.4, 0.5) is 11.6 Å². The predicted octanol–water partition coefficient (Wildman–Crippen LogP) is 2.56. The third-order valence-corrected chi connectivity index (χ3v) is 3.40. The highest BCUT2D eigenvalue weighted by Crippen LogP contribution is 2.18. The standard InChI is InChI=1S/C15H18N4/c1-2-6-13(7-3-1)18-14-8-4-11-19(12-14)15-16-9-5-10-17-15/h1-3,5-7,9-10,14,18H,4,8,11-12H2. The van der Waals surface area contributed by atoms with Crippen molar-refractivity contribution >= 4 is 11.6 Å². The maximum atomic E-state index is 4.33. The third-order valence-electron chi connectivity index (χ3n) is 3.40. The van der Waals surface area contributed by atoms with Crippen LogP contribution in [0.2, 0.25) is 0 Å². The van der Waals surface area contributed by atoms with E-state index < -0.39 is 0 Å². The van der Waals surface area contributed by atoms with Gasteiger partial charge in [-0.25, -0.2) is 9.97 Å². The van der Waals surface area contributed by atoms with E-state index in [4.69, 9.17) is 0 Å². The molecule has 0 saturated carbocycles. The molecule has 1 fully saturated rings. The van der Waals surface area contributed by atoms with E-state index >= 15 is 0 Å². The number of benzene rings is 1. The average Bonchev–Trinajstić information content (AvgIpc) is 2.49. The van der Waals surface area contributed by atoms with Gasteiger partial charge in [-0.05, 0) is 31.0 Å². The largest absolute Gasteiger partial charge is 0.381 e. The van der Waals surface area contributed by atoms with Crippen LogP contribution in [-0.4, -0.2) is 29.1 Å². The van der Waals surface area contributed by atoms with Gasteiger partial charge >= 0.3 is 0 Å². The van der Waals surface area contributed by atoms with Crippen LogP contribution in [0, 0.1) is 0 Å². The highest BCUT2D eigenvalue weighted by atomic mass is 15.3. The van der Waals surface area contributed by atoms with Crippen molar-refractivity contribution in [3.8, 4) is 0 Å². The molecule has 0 aliphatic carbocycles. The molecule has 1 aliphatic heterocycles. The van der Waals surface area contributed by atoms with Gasteiger partial charge in [-0.3, -0.25) is 0 Å². The van der Waals surface area contributed by atoms with Crippen LogP contribution in [0.15, 0.2) is 48.8 Å². The summed E-state index contributed by atoms with van der Waals surface area (Å²) in [7, 11) is 0. The van der Waals surface area contributed by atoms with Crippen molar-refractivity contribution in [1.29, 1.82) is 0 Å². The Hall–Kier alpha value is -2.10. The summed E-state index contributed by atoms with van der Waals surface area (Å²) in [5.74, 6) is 0.835. The van der Waals surface area contributed by atoms with Crippen molar-refractivity contribution in [3.05, 3.63) is 48.8 Å². The van der Waals surface area contributed by atoms with Crippen LogP contribution in [0.1, 0.15) is 12.8 Å². The highest BCUT2D eigenvalue weighted by Gasteiger charge is 2.21. The van der Waals surface area contributed by atoms with E-state index in [0.717, 1.165) is 19.0 Å². The maximum Gasteiger partial charge on any atom is 0.225 e. The Kier molecular flexibility index (Phi) is 3.58. The van der Waals surface area contributed by atoms with Crippen LogP contribution in [0.25, 0.3) is 0 Å². The minimum atomic E-state index is 0.458. The molecule has 2 aromatic rings. The zero-order valence-corrected chi connectivity index (χ0v) is 10.9. The Morgan fingerprint density at radius 3 is 2.63 bits per heavy atom. The molecule has 0 bridgehead atoms. The fourth-order valence-electron chi connectivity index (χ4n) is 2.50. The van der Waals surface area contributed by atoms with E-state index in [0.29, 0.717) is 6.04 Å². The molecule has 19 heavy (non-hydrogen) atoms. The molecule has 1 saturated heterocycles. The monoisotopic (exact) mass is 254 g/mol. The zero-order valence-electron chi connectivity index (χ0n) is 10.9. The number of piperidine rings is 1. The van der Waals surface area contributed by atoms with Gasteiger partial charge in [-0.2, -0.15) is 0 Å². The first-order chi connectivity index (χ1) is 9.42. The number of nitrogens with one attached hydrogen (secondary N) is 1. The zero-order chi connectivity index (χ0) is 12.9. The molecule has 1 unspecified atom stereocenters. The molecule has 4 heteroatoms. The smallest absolute Gasteiger partial charge is 0.225 e. The normalized spacial score (nSPS) is 19.2. The lowest BCUT2D eigenvalue weighted by molar-refractivity contribution is 0.523. The van der Waals surface area contributed by atoms with Crippen molar-refractivity contribution in [2.24, 2.45) is 0 Å². The second-order valence-corrected chi connectivity index (χ2v) is 4.84. The van der Waals surface area contributed by atoms with Crippen molar-refractivity contribution in [2.45, 2.75) is 18.9 Å². The average molecular weight is 254 g/mol. The van der Waals surface area contributed by atoms with Crippen molar-refractivity contribution < 1.29 is 0 Å². The van der Waals surface area contributed by atoms with Gasteiger partial charge in [-0.15, -0.1) is 0 Å². The minimum Gasteiger partial charge on any atom is -0.381 e. The quantitative estimate of drug-likeness (QED) is 0.914. The van der Waals surface area contributed by atoms with Crippen LogP contribution in [0.3, 0.4) is 0 Å². The van der Waals surface area contributed by atoms with Gasteiger partial charge in [0.25, 0.3) is 0 Å². The van der Waals surface area contributed by atoms with Crippen molar-refractivity contribution in [2.75, 3.05) is 23.3 Å². The topological polar surface area (TPSA) is 41.0 Å². The molecular formula is C15H18N4. The Morgan fingerprint density at radius 2 is 1.84 bits per heavy atom. The Morgan fingerprint density at radius 1 is 1.05 bits per heavy atom. The molecule has 0 spiro atoms. The Bertz CT molecular complexity index is 500. The second kappa shape index (κ2) is 5.69. The van der Waals surface area contributed by atoms with Crippen LogP contribution in [-0.2, 0) is 0 Å². The molecule has 0 amide bonds. The molecule has 1 aromatic heterocycles.